The van der Waals surface area contributed by atoms with Gasteiger partial charge in [0, 0.05) is 88.4 Å². The molecule has 4 aliphatic heterocycles. The molecule has 0 bridgehead atoms. The fraction of sp³-hybridized carbons (Fsp3) is 0.468. The molecule has 2 amide bonds. The van der Waals surface area contributed by atoms with Crippen LogP contribution in [0.3, 0.4) is 0 Å². The summed E-state index contributed by atoms with van der Waals surface area (Å²) in [6.45, 7) is 6.57. The molecule has 66 heavy (non-hydrogen) atoms. The molecule has 342 valence electrons. The number of benzene rings is 2. The number of rotatable bonds is 8. The molecule has 1 unspecified atom stereocenters. The molecule has 0 radical (unpaired) electrons. The molecule has 4 aromatic heterocycles. The van der Waals surface area contributed by atoms with Crippen molar-refractivity contribution in [2.45, 2.75) is 69.4 Å². The number of imide groups is 1. The second kappa shape index (κ2) is 16.0. The molecule has 1 saturated carbocycles. The predicted molar refractivity (Wildman–Crippen MR) is 245 cm³/mol. The lowest BCUT2D eigenvalue weighted by molar-refractivity contribution is -0.134. The predicted octanol–water partition coefficient (Wildman–Crippen LogP) is 5.25. The number of halogens is 2. The molecule has 0 spiro atoms. The number of hydrogen-bond donors (Lipinski definition) is 3. The standard InChI is InChI=1S/C47H51F2N13O4/c1-26-23-61(35-6-4-5-31-39(56-58(3)41(31)35)32-10-12-38(63)54-45(32)64)18-17-60(26)24-27-13-15-59(16-14-27)36-20-37(62-44(53-36)29(21-50)22-51-62)52-30-9-11-34-33(19-30)40-42(46(65)57(34)2)66-25-47(48,49)43(55-40)28-7-8-28/h4-6,9,11,19-20,22,26-28,32,43,52,55H,7-8,10,12-18,23-25H2,1-3H3,(H,54,63,64)/t26-,32?,43+/m1/s1. The number of hydrogen-bond acceptors (Lipinski definition) is 13. The lowest BCUT2D eigenvalue weighted by atomic mass is 9.92. The van der Waals surface area contributed by atoms with E-state index in [1.165, 1.54) is 10.8 Å². The van der Waals surface area contributed by atoms with Crippen LogP contribution in [0.2, 0.25) is 0 Å². The highest BCUT2D eigenvalue weighted by atomic mass is 19.3. The number of carbonyl (C=O) groups excluding carboxylic acids is 2. The van der Waals surface area contributed by atoms with Crippen molar-refractivity contribution in [3.63, 3.8) is 0 Å². The number of anilines is 5. The van der Waals surface area contributed by atoms with Crippen LogP contribution in [-0.4, -0.2) is 110 Å². The van der Waals surface area contributed by atoms with Crippen LogP contribution in [0, 0.1) is 23.2 Å². The number of nitrogens with one attached hydrogen (secondary N) is 3. The van der Waals surface area contributed by atoms with E-state index in [1.54, 1.807) is 17.6 Å². The van der Waals surface area contributed by atoms with Gasteiger partial charge in [-0.25, -0.2) is 13.8 Å². The Labute approximate surface area is 378 Å². The molecule has 2 aromatic carbocycles. The molecular weight excluding hydrogens is 849 g/mol. The van der Waals surface area contributed by atoms with Crippen LogP contribution in [0.5, 0.6) is 5.75 Å². The number of nitriles is 1. The zero-order valence-electron chi connectivity index (χ0n) is 37.1. The van der Waals surface area contributed by atoms with Gasteiger partial charge in [0.05, 0.1) is 46.3 Å². The van der Waals surface area contributed by atoms with E-state index in [1.807, 2.05) is 42.1 Å². The van der Waals surface area contributed by atoms with E-state index in [2.05, 4.69) is 54.8 Å². The van der Waals surface area contributed by atoms with Crippen molar-refractivity contribution in [3.8, 4) is 11.8 Å². The van der Waals surface area contributed by atoms with Gasteiger partial charge in [-0.15, -0.1) is 0 Å². The maximum absolute atomic E-state index is 15.3. The van der Waals surface area contributed by atoms with Crippen LogP contribution >= 0.6 is 0 Å². The fourth-order valence-corrected chi connectivity index (χ4v) is 10.7. The number of aryl methyl sites for hydroxylation is 2. The first-order valence-corrected chi connectivity index (χ1v) is 22.9. The first kappa shape index (κ1) is 41.9. The molecular formula is C47H51F2N13O4. The van der Waals surface area contributed by atoms with Gasteiger partial charge in [0.2, 0.25) is 17.6 Å². The number of amides is 2. The lowest BCUT2D eigenvalue weighted by Gasteiger charge is -2.43. The maximum Gasteiger partial charge on any atom is 0.301 e. The van der Waals surface area contributed by atoms with Gasteiger partial charge in [-0.2, -0.15) is 20.0 Å². The summed E-state index contributed by atoms with van der Waals surface area (Å²) in [7, 11) is 3.53. The SMILES string of the molecule is C[C@@H]1CN(c2cccc3c(C4CCC(=O)NC4=O)nn(C)c23)CCN1CC1CCN(c2cc(Nc3ccc4c(c3)c3c(c(=O)n4C)OCC(F)(F)[C@H](C4CC4)N3)n3ncc(C#N)c3n2)CC1. The Morgan fingerprint density at radius 3 is 2.56 bits per heavy atom. The minimum absolute atomic E-state index is 0.119. The molecule has 17 nitrogen and oxygen atoms in total. The van der Waals surface area contributed by atoms with Crippen molar-refractivity contribution in [1.82, 2.24) is 39.2 Å². The van der Waals surface area contributed by atoms with Gasteiger partial charge in [0.1, 0.15) is 23.3 Å². The van der Waals surface area contributed by atoms with Crippen molar-refractivity contribution in [1.29, 1.82) is 5.26 Å². The zero-order chi connectivity index (χ0) is 45.6. The minimum atomic E-state index is -3.15. The summed E-state index contributed by atoms with van der Waals surface area (Å²) in [4.78, 5) is 50.2. The number of nitrogens with zero attached hydrogens (tertiary/aromatic N) is 10. The van der Waals surface area contributed by atoms with Gasteiger partial charge in [-0.05, 0) is 75.1 Å². The number of piperazine rings is 1. The van der Waals surface area contributed by atoms with Crippen molar-refractivity contribution in [3.05, 3.63) is 70.3 Å². The number of carbonyl (C=O) groups is 2. The second-order valence-corrected chi connectivity index (χ2v) is 18.7. The highest BCUT2D eigenvalue weighted by molar-refractivity contribution is 6.04. The average molecular weight is 900 g/mol. The third-order valence-corrected chi connectivity index (χ3v) is 14.4. The number of alkyl halides is 2. The summed E-state index contributed by atoms with van der Waals surface area (Å²) in [5.74, 6) is -2.68. The van der Waals surface area contributed by atoms with Gasteiger partial charge in [-0.3, -0.25) is 29.3 Å². The Morgan fingerprint density at radius 2 is 1.80 bits per heavy atom. The smallest absolute Gasteiger partial charge is 0.301 e. The van der Waals surface area contributed by atoms with Crippen LogP contribution in [0.1, 0.15) is 62.6 Å². The molecule has 3 saturated heterocycles. The van der Waals surface area contributed by atoms with Gasteiger partial charge in [0.15, 0.2) is 12.3 Å². The van der Waals surface area contributed by atoms with E-state index in [0.29, 0.717) is 77.1 Å². The van der Waals surface area contributed by atoms with E-state index in [4.69, 9.17) is 14.8 Å². The Bertz CT molecular complexity index is 3050. The van der Waals surface area contributed by atoms with E-state index in [-0.39, 0.29) is 29.2 Å². The number of piperidine rings is 2. The van der Waals surface area contributed by atoms with Gasteiger partial charge >= 0.3 is 5.92 Å². The molecule has 8 heterocycles. The third kappa shape index (κ3) is 7.22. The van der Waals surface area contributed by atoms with E-state index < -0.39 is 30.0 Å². The van der Waals surface area contributed by atoms with Crippen molar-refractivity contribution in [2.24, 2.45) is 25.9 Å². The zero-order valence-corrected chi connectivity index (χ0v) is 37.1. The monoisotopic (exact) mass is 899 g/mol. The van der Waals surface area contributed by atoms with Crippen molar-refractivity contribution < 1.29 is 23.1 Å². The lowest BCUT2D eigenvalue weighted by Crippen LogP contribution is -2.54. The first-order valence-electron chi connectivity index (χ1n) is 22.9. The number of pyridine rings is 1. The molecule has 6 aromatic rings. The number of fused-ring (bicyclic) bond motifs is 5. The van der Waals surface area contributed by atoms with Crippen molar-refractivity contribution >= 4 is 68.0 Å². The summed E-state index contributed by atoms with van der Waals surface area (Å²) >= 11 is 0. The Balaban J connectivity index is 0.788. The molecule has 1 aliphatic carbocycles. The minimum Gasteiger partial charge on any atom is -0.480 e. The third-order valence-electron chi connectivity index (χ3n) is 14.4. The normalized spacial score (nSPS) is 22.8. The van der Waals surface area contributed by atoms with Crippen LogP contribution in [0.4, 0.5) is 37.5 Å². The van der Waals surface area contributed by atoms with Crippen molar-refractivity contribution in [2.75, 3.05) is 66.3 Å². The number of para-hydroxylation sites is 1. The maximum atomic E-state index is 15.3. The quantitative estimate of drug-likeness (QED) is 0.169. The van der Waals surface area contributed by atoms with E-state index in [9.17, 15) is 19.6 Å². The second-order valence-electron chi connectivity index (χ2n) is 18.7. The topological polar surface area (TPSA) is 183 Å². The Hall–Kier alpha value is -6.81. The Morgan fingerprint density at radius 1 is 0.985 bits per heavy atom. The summed E-state index contributed by atoms with van der Waals surface area (Å²) in [6.07, 6.45) is 5.57. The molecule has 3 N–H and O–H groups in total. The van der Waals surface area contributed by atoms with Crippen LogP contribution in [-0.2, 0) is 23.7 Å². The molecule has 5 aliphatic rings. The Kier molecular flexibility index (Phi) is 10.1. The van der Waals surface area contributed by atoms with Gasteiger partial charge in [0.25, 0.3) is 5.56 Å². The molecule has 4 fully saturated rings. The summed E-state index contributed by atoms with van der Waals surface area (Å²) in [5, 5.41) is 29.8. The summed E-state index contributed by atoms with van der Waals surface area (Å²) in [6, 6.07) is 14.9. The largest absolute Gasteiger partial charge is 0.480 e. The molecule has 19 heteroatoms. The number of aromatic nitrogens is 6. The highest BCUT2D eigenvalue weighted by Gasteiger charge is 2.51. The van der Waals surface area contributed by atoms with Gasteiger partial charge < -0.3 is 29.7 Å². The highest BCUT2D eigenvalue weighted by Crippen LogP contribution is 2.46. The summed E-state index contributed by atoms with van der Waals surface area (Å²) < 4.78 is 41.1. The fourth-order valence-electron chi connectivity index (χ4n) is 10.7. The van der Waals surface area contributed by atoms with E-state index >= 15 is 8.78 Å². The first-order chi connectivity index (χ1) is 31.8. The molecule has 3 atom stereocenters. The average Bonchev–Trinajstić information content (AvgIpc) is 4.00. The van der Waals surface area contributed by atoms with Gasteiger partial charge in [-0.1, -0.05) is 12.1 Å². The molecule has 11 rings (SSSR count). The van der Waals surface area contributed by atoms with E-state index in [0.717, 1.165) is 74.4 Å². The number of ether oxygens (including phenoxy) is 1. The summed E-state index contributed by atoms with van der Waals surface area (Å²) in [5.41, 5.74) is 4.54. The van der Waals surface area contributed by atoms with Crippen LogP contribution in [0.25, 0.3) is 27.5 Å². The van der Waals surface area contributed by atoms with Crippen LogP contribution < -0.4 is 36.0 Å². The van der Waals surface area contributed by atoms with Crippen LogP contribution in [0.15, 0.2) is 53.5 Å².